The van der Waals surface area contributed by atoms with E-state index in [1.807, 2.05) is 13.8 Å². The van der Waals surface area contributed by atoms with Gasteiger partial charge in [0, 0.05) is 30.9 Å². The Morgan fingerprint density at radius 2 is 1.72 bits per heavy atom. The fourth-order valence-corrected chi connectivity index (χ4v) is 4.09. The van der Waals surface area contributed by atoms with Gasteiger partial charge in [-0.1, -0.05) is 32.8 Å². The number of ether oxygens (including phenoxy) is 2. The van der Waals surface area contributed by atoms with Crippen LogP contribution in [0.25, 0.3) is 0 Å². The highest BCUT2D eigenvalue weighted by Gasteiger charge is 2.38. The minimum atomic E-state index is -1.03. The van der Waals surface area contributed by atoms with E-state index in [1.54, 1.807) is 40.7 Å². The summed E-state index contributed by atoms with van der Waals surface area (Å²) in [7, 11) is 0. The van der Waals surface area contributed by atoms with Gasteiger partial charge in [-0.15, -0.1) is 0 Å². The molecule has 0 bridgehead atoms. The Morgan fingerprint density at radius 3 is 2.22 bits per heavy atom. The smallest absolute Gasteiger partial charge is 0.412 e. The molecule has 1 rings (SSSR count). The number of hydrogen-bond donors (Lipinski definition) is 4. The van der Waals surface area contributed by atoms with Crippen LogP contribution in [0.3, 0.4) is 0 Å². The van der Waals surface area contributed by atoms with Crippen LogP contribution in [0.4, 0.5) is 9.59 Å². The fraction of sp³-hybridized carbons (Fsp3) is 0.720. The van der Waals surface area contributed by atoms with E-state index < -0.39 is 35.4 Å². The van der Waals surface area contributed by atoms with Crippen LogP contribution in [0.5, 0.6) is 0 Å². The van der Waals surface area contributed by atoms with Crippen molar-refractivity contribution in [2.24, 2.45) is 16.8 Å². The summed E-state index contributed by atoms with van der Waals surface area (Å²) in [6, 6.07) is -0.767. The van der Waals surface area contributed by atoms with E-state index in [1.165, 1.54) is 13.3 Å². The van der Waals surface area contributed by atoms with Crippen LogP contribution in [0, 0.1) is 11.8 Å². The van der Waals surface area contributed by atoms with E-state index in [-0.39, 0.29) is 42.3 Å². The molecule has 3 amide bonds. The van der Waals surface area contributed by atoms with Gasteiger partial charge < -0.3 is 25.2 Å². The third-order valence-electron chi connectivity index (χ3n) is 5.76. The normalized spacial score (nSPS) is 19.0. The lowest BCUT2D eigenvalue weighted by atomic mass is 9.82. The van der Waals surface area contributed by atoms with Gasteiger partial charge in [-0.05, 0) is 40.5 Å². The molecule has 0 radical (unpaired) electrons. The minimum absolute atomic E-state index is 0.0247. The number of carbonyl (C=O) groups is 4. The highest BCUT2D eigenvalue weighted by molar-refractivity contribution is 5.88. The Labute approximate surface area is 213 Å². The number of aliphatic carboxylic acids is 1. The molecule has 36 heavy (non-hydrogen) atoms. The molecule has 1 aliphatic rings. The molecule has 4 N–H and O–H groups in total. The molecule has 0 aliphatic heterocycles. The second-order valence-corrected chi connectivity index (χ2v) is 10.6. The standard InChI is InChI=1S/C25H42N4O7/c1-9-16(10-2)20(29-15(3)30)18-11-17(21(31)32)12-19(18)27-14-28-23(34)36-25(7,8)13-26-22(33)35-24(4,5)6/h11,14,16,18-20H,9-10,12-13H2,1-8H3,(H,26,33)(H,29,30)(H,31,32)(H,27,28,34). The zero-order valence-corrected chi connectivity index (χ0v) is 22.6. The zero-order valence-electron chi connectivity index (χ0n) is 22.6. The van der Waals surface area contributed by atoms with Crippen LogP contribution in [-0.4, -0.2) is 65.3 Å². The number of amides is 3. The third kappa shape index (κ3) is 10.7. The van der Waals surface area contributed by atoms with Gasteiger partial charge in [0.15, 0.2) is 0 Å². The SMILES string of the molecule is CCC(CC)C(NC(C)=O)C1C=C(C(=O)O)CC1N=CNC(=O)OC(C)(C)CNC(=O)OC(C)(C)C. The van der Waals surface area contributed by atoms with E-state index in [0.717, 1.165) is 12.8 Å². The van der Waals surface area contributed by atoms with Crippen molar-refractivity contribution >= 4 is 30.4 Å². The van der Waals surface area contributed by atoms with Crippen molar-refractivity contribution in [1.82, 2.24) is 16.0 Å². The molecular weight excluding hydrogens is 468 g/mol. The molecule has 3 atom stereocenters. The first-order valence-corrected chi connectivity index (χ1v) is 12.3. The van der Waals surface area contributed by atoms with E-state index in [0.29, 0.717) is 0 Å². The molecule has 0 saturated heterocycles. The summed E-state index contributed by atoms with van der Waals surface area (Å²) in [6.45, 7) is 14.0. The van der Waals surface area contributed by atoms with Crippen LogP contribution in [0.2, 0.25) is 0 Å². The van der Waals surface area contributed by atoms with Crippen molar-refractivity contribution in [2.45, 2.75) is 97.9 Å². The second-order valence-electron chi connectivity index (χ2n) is 10.6. The van der Waals surface area contributed by atoms with Gasteiger partial charge in [0.2, 0.25) is 5.91 Å². The highest BCUT2D eigenvalue weighted by Crippen LogP contribution is 2.34. The molecule has 204 valence electrons. The number of carbonyl (C=O) groups excluding carboxylic acids is 3. The summed E-state index contributed by atoms with van der Waals surface area (Å²) >= 11 is 0. The lowest BCUT2D eigenvalue weighted by Gasteiger charge is -2.32. The van der Waals surface area contributed by atoms with E-state index in [2.05, 4.69) is 20.9 Å². The molecule has 0 aromatic heterocycles. The largest absolute Gasteiger partial charge is 0.478 e. The second kappa shape index (κ2) is 13.3. The van der Waals surface area contributed by atoms with Crippen molar-refractivity contribution in [1.29, 1.82) is 0 Å². The Kier molecular flexibility index (Phi) is 11.4. The molecule has 11 nitrogen and oxygen atoms in total. The highest BCUT2D eigenvalue weighted by atomic mass is 16.6. The summed E-state index contributed by atoms with van der Waals surface area (Å²) in [5, 5.41) is 17.5. The number of alkyl carbamates (subject to hydrolysis) is 2. The quantitative estimate of drug-likeness (QED) is 0.245. The Hall–Kier alpha value is -3.11. The van der Waals surface area contributed by atoms with E-state index in [4.69, 9.17) is 9.47 Å². The topological polar surface area (TPSA) is 155 Å². The first-order valence-electron chi connectivity index (χ1n) is 12.3. The molecule has 0 spiro atoms. The van der Waals surface area contributed by atoms with Gasteiger partial charge in [0.1, 0.15) is 11.2 Å². The van der Waals surface area contributed by atoms with Gasteiger partial charge in [-0.3, -0.25) is 15.1 Å². The van der Waals surface area contributed by atoms with Crippen molar-refractivity contribution < 1.29 is 33.8 Å². The summed E-state index contributed by atoms with van der Waals surface area (Å²) in [6.07, 6.45) is 3.23. The number of carboxylic acid groups (broad SMARTS) is 1. The maximum Gasteiger partial charge on any atom is 0.412 e. The number of aliphatic imine (C=N–C) groups is 1. The maximum absolute atomic E-state index is 12.3. The summed E-state index contributed by atoms with van der Waals surface area (Å²) in [4.78, 5) is 52.1. The molecule has 0 saturated carbocycles. The van der Waals surface area contributed by atoms with Crippen molar-refractivity contribution in [2.75, 3.05) is 6.54 Å². The zero-order chi connectivity index (χ0) is 27.7. The van der Waals surface area contributed by atoms with Crippen LogP contribution in [0.15, 0.2) is 16.6 Å². The van der Waals surface area contributed by atoms with Crippen LogP contribution < -0.4 is 16.0 Å². The first-order chi connectivity index (χ1) is 16.6. The average Bonchev–Trinajstić information content (AvgIpc) is 3.15. The van der Waals surface area contributed by atoms with Crippen LogP contribution >= 0.6 is 0 Å². The van der Waals surface area contributed by atoms with E-state index >= 15 is 0 Å². The maximum atomic E-state index is 12.3. The molecule has 0 aromatic carbocycles. The van der Waals surface area contributed by atoms with Gasteiger partial charge in [0.25, 0.3) is 0 Å². The summed E-state index contributed by atoms with van der Waals surface area (Å²) < 4.78 is 10.5. The average molecular weight is 511 g/mol. The van der Waals surface area contributed by atoms with E-state index in [9.17, 15) is 24.3 Å². The monoisotopic (exact) mass is 510 g/mol. The molecule has 0 heterocycles. The lowest BCUT2D eigenvalue weighted by Crippen LogP contribution is -2.46. The first kappa shape index (κ1) is 30.9. The van der Waals surface area contributed by atoms with Gasteiger partial charge >= 0.3 is 18.2 Å². The van der Waals surface area contributed by atoms with Gasteiger partial charge in [-0.2, -0.15) is 0 Å². The predicted octanol–water partition coefficient (Wildman–Crippen LogP) is 3.38. The van der Waals surface area contributed by atoms with Gasteiger partial charge in [0.05, 0.1) is 18.9 Å². The third-order valence-corrected chi connectivity index (χ3v) is 5.76. The number of nitrogens with one attached hydrogen (secondary N) is 3. The summed E-state index contributed by atoms with van der Waals surface area (Å²) in [5.74, 6) is -1.43. The molecule has 1 aliphatic carbocycles. The summed E-state index contributed by atoms with van der Waals surface area (Å²) in [5.41, 5.74) is -1.46. The van der Waals surface area contributed by atoms with Crippen LogP contribution in [-0.2, 0) is 19.1 Å². The van der Waals surface area contributed by atoms with Crippen molar-refractivity contribution in [3.05, 3.63) is 11.6 Å². The van der Waals surface area contributed by atoms with Crippen molar-refractivity contribution in [3.63, 3.8) is 0 Å². The Morgan fingerprint density at radius 1 is 1.11 bits per heavy atom. The Balaban J connectivity index is 2.84. The Bertz CT molecular complexity index is 857. The molecule has 3 unspecified atom stereocenters. The van der Waals surface area contributed by atoms with Crippen molar-refractivity contribution in [3.8, 4) is 0 Å². The number of carboxylic acids is 1. The van der Waals surface area contributed by atoms with Crippen LogP contribution in [0.1, 0.15) is 74.7 Å². The lowest BCUT2D eigenvalue weighted by molar-refractivity contribution is -0.132. The number of hydrogen-bond acceptors (Lipinski definition) is 7. The molecule has 0 aromatic rings. The molecule has 0 fully saturated rings. The molecule has 11 heteroatoms. The van der Waals surface area contributed by atoms with Gasteiger partial charge in [-0.25, -0.2) is 14.4 Å². The fourth-order valence-electron chi connectivity index (χ4n) is 4.09. The number of nitrogens with zero attached hydrogens (tertiary/aromatic N) is 1. The minimum Gasteiger partial charge on any atom is -0.478 e. The molecular formula is C25H42N4O7. The number of rotatable bonds is 11. The predicted molar refractivity (Wildman–Crippen MR) is 136 cm³/mol.